The number of nitrogens with zero attached hydrogens (tertiary/aromatic N) is 1. The van der Waals surface area contributed by atoms with E-state index in [4.69, 9.17) is 16.3 Å². The van der Waals surface area contributed by atoms with Crippen LogP contribution in [0.4, 0.5) is 0 Å². The summed E-state index contributed by atoms with van der Waals surface area (Å²) < 4.78 is 5.88. The van der Waals surface area contributed by atoms with Gasteiger partial charge in [-0.15, -0.1) is 11.3 Å². The number of carbonyl (C=O) groups is 1. The lowest BCUT2D eigenvalue weighted by Gasteiger charge is -2.09. The predicted octanol–water partition coefficient (Wildman–Crippen LogP) is 3.87. The van der Waals surface area contributed by atoms with Crippen LogP contribution >= 0.6 is 22.9 Å². The predicted molar refractivity (Wildman–Crippen MR) is 82.7 cm³/mol. The molecule has 0 N–H and O–H groups in total. The topological polar surface area (TPSA) is 69.4 Å². The van der Waals surface area contributed by atoms with Gasteiger partial charge in [0.25, 0.3) is 0 Å². The Kier molecular flexibility index (Phi) is 5.14. The van der Waals surface area contributed by atoms with Gasteiger partial charge in [-0.1, -0.05) is 11.6 Å². The van der Waals surface area contributed by atoms with Crippen LogP contribution in [0.2, 0.25) is 5.02 Å². The van der Waals surface area contributed by atoms with Crippen molar-refractivity contribution < 1.29 is 14.5 Å². The molecule has 0 radical (unpaired) electrons. The van der Waals surface area contributed by atoms with E-state index in [-0.39, 0.29) is 19.6 Å². The summed E-state index contributed by atoms with van der Waals surface area (Å²) >= 11 is 7.38. The maximum atomic E-state index is 11.6. The second-order valence-electron chi connectivity index (χ2n) is 4.55. The molecule has 0 saturated carbocycles. The van der Waals surface area contributed by atoms with Crippen molar-refractivity contribution in [2.45, 2.75) is 19.3 Å². The molecule has 0 aliphatic carbocycles. The van der Waals surface area contributed by atoms with E-state index in [0.717, 1.165) is 15.0 Å². The van der Waals surface area contributed by atoms with E-state index < -0.39 is 16.8 Å². The molecule has 2 aromatic rings. The van der Waals surface area contributed by atoms with Gasteiger partial charge in [-0.25, -0.2) is 0 Å². The van der Waals surface area contributed by atoms with Crippen molar-refractivity contribution in [1.82, 2.24) is 0 Å². The minimum Gasteiger partial charge on any atom is -0.466 e. The van der Waals surface area contributed by atoms with E-state index in [9.17, 15) is 14.9 Å². The van der Waals surface area contributed by atoms with E-state index in [1.165, 1.54) is 11.3 Å². The van der Waals surface area contributed by atoms with Crippen molar-refractivity contribution in [3.8, 4) is 0 Å². The smallest absolute Gasteiger partial charge is 0.306 e. The first-order valence-corrected chi connectivity index (χ1v) is 7.65. The van der Waals surface area contributed by atoms with Gasteiger partial charge in [0, 0.05) is 19.5 Å². The minimum absolute atomic E-state index is 0.00930. The van der Waals surface area contributed by atoms with Crippen LogP contribution in [0.3, 0.4) is 0 Å². The second kappa shape index (κ2) is 6.87. The first-order chi connectivity index (χ1) is 9.99. The van der Waals surface area contributed by atoms with Gasteiger partial charge in [0.1, 0.15) is 0 Å². The standard InChI is InChI=1S/C14H14ClNO4S/c1-2-20-14(17)7-10(8-16(18)19)13-6-9-5-11(15)3-4-12(9)21-13/h3-6,10H,2,7-8H2,1H3. The zero-order valence-electron chi connectivity index (χ0n) is 11.4. The van der Waals surface area contributed by atoms with Gasteiger partial charge >= 0.3 is 5.97 Å². The lowest BCUT2D eigenvalue weighted by Crippen LogP contribution is -2.17. The molecule has 2 rings (SSSR count). The monoisotopic (exact) mass is 327 g/mol. The largest absolute Gasteiger partial charge is 0.466 e. The summed E-state index contributed by atoms with van der Waals surface area (Å²) in [6.07, 6.45) is 0.00930. The highest BCUT2D eigenvalue weighted by Crippen LogP contribution is 2.34. The zero-order valence-corrected chi connectivity index (χ0v) is 12.9. The Bertz CT molecular complexity index is 670. The van der Waals surface area contributed by atoms with Crippen LogP contribution < -0.4 is 0 Å². The Balaban J connectivity index is 2.28. The molecule has 0 saturated heterocycles. The molecular weight excluding hydrogens is 314 g/mol. The first kappa shape index (κ1) is 15.7. The fourth-order valence-corrected chi connectivity index (χ4v) is 3.41. The van der Waals surface area contributed by atoms with Gasteiger partial charge < -0.3 is 4.74 Å². The highest BCUT2D eigenvalue weighted by Gasteiger charge is 2.24. The van der Waals surface area contributed by atoms with Gasteiger partial charge in [-0.2, -0.15) is 0 Å². The number of hydrogen-bond acceptors (Lipinski definition) is 5. The lowest BCUT2D eigenvalue weighted by molar-refractivity contribution is -0.483. The molecule has 5 nitrogen and oxygen atoms in total. The van der Waals surface area contributed by atoms with Crippen LogP contribution in [0.15, 0.2) is 24.3 Å². The third kappa shape index (κ3) is 4.15. The summed E-state index contributed by atoms with van der Waals surface area (Å²) in [5.74, 6) is -0.893. The van der Waals surface area contributed by atoms with Crippen LogP contribution in [0.25, 0.3) is 10.1 Å². The molecule has 1 aromatic carbocycles. The number of benzene rings is 1. The quantitative estimate of drug-likeness (QED) is 0.459. The number of esters is 1. The molecule has 112 valence electrons. The van der Waals surface area contributed by atoms with Gasteiger partial charge in [-0.3, -0.25) is 14.9 Å². The van der Waals surface area contributed by atoms with Crippen molar-refractivity contribution >= 4 is 39.0 Å². The zero-order chi connectivity index (χ0) is 15.4. The summed E-state index contributed by atoms with van der Waals surface area (Å²) in [6, 6.07) is 7.32. The molecule has 1 unspecified atom stereocenters. The second-order valence-corrected chi connectivity index (χ2v) is 6.10. The number of fused-ring (bicyclic) bond motifs is 1. The molecule has 1 aromatic heterocycles. The maximum absolute atomic E-state index is 11.6. The molecular formula is C14H14ClNO4S. The highest BCUT2D eigenvalue weighted by atomic mass is 35.5. The fraction of sp³-hybridized carbons (Fsp3) is 0.357. The molecule has 0 amide bonds. The van der Waals surface area contributed by atoms with E-state index in [1.54, 1.807) is 13.0 Å². The number of ether oxygens (including phenoxy) is 1. The van der Waals surface area contributed by atoms with Crippen molar-refractivity contribution in [2.75, 3.05) is 13.2 Å². The Morgan fingerprint density at radius 2 is 2.24 bits per heavy atom. The van der Waals surface area contributed by atoms with Crippen LogP contribution in [-0.4, -0.2) is 24.0 Å². The van der Waals surface area contributed by atoms with Gasteiger partial charge in [0.15, 0.2) is 0 Å². The van der Waals surface area contributed by atoms with Crippen molar-refractivity contribution in [3.05, 3.63) is 44.3 Å². The van der Waals surface area contributed by atoms with Crippen LogP contribution in [0.5, 0.6) is 0 Å². The Morgan fingerprint density at radius 3 is 2.90 bits per heavy atom. The van der Waals surface area contributed by atoms with Crippen molar-refractivity contribution in [1.29, 1.82) is 0 Å². The molecule has 0 fully saturated rings. The van der Waals surface area contributed by atoms with Crippen LogP contribution in [-0.2, 0) is 9.53 Å². The molecule has 0 spiro atoms. The summed E-state index contributed by atoms with van der Waals surface area (Å²) in [4.78, 5) is 22.8. The van der Waals surface area contributed by atoms with Crippen LogP contribution in [0, 0.1) is 10.1 Å². The average molecular weight is 328 g/mol. The van der Waals surface area contributed by atoms with Gasteiger partial charge in [0.2, 0.25) is 6.54 Å². The Morgan fingerprint density at radius 1 is 1.48 bits per heavy atom. The normalized spacial score (nSPS) is 12.3. The van der Waals surface area contributed by atoms with Crippen molar-refractivity contribution in [2.24, 2.45) is 0 Å². The molecule has 0 aliphatic heterocycles. The van der Waals surface area contributed by atoms with Gasteiger partial charge in [-0.05, 0) is 36.6 Å². The summed E-state index contributed by atoms with van der Waals surface area (Å²) in [5.41, 5.74) is 0. The van der Waals surface area contributed by atoms with Crippen LogP contribution in [0.1, 0.15) is 24.1 Å². The lowest BCUT2D eigenvalue weighted by atomic mass is 10.0. The van der Waals surface area contributed by atoms with E-state index in [1.807, 2.05) is 18.2 Å². The third-order valence-corrected chi connectivity index (χ3v) is 4.50. The van der Waals surface area contributed by atoms with Crippen molar-refractivity contribution in [3.63, 3.8) is 0 Å². The highest BCUT2D eigenvalue weighted by molar-refractivity contribution is 7.19. The Labute approximate surface area is 130 Å². The minimum atomic E-state index is -0.477. The Hall–Kier alpha value is -1.66. The van der Waals surface area contributed by atoms with Gasteiger partial charge in [0.05, 0.1) is 18.9 Å². The number of nitro groups is 1. The molecule has 1 heterocycles. The number of halogens is 1. The average Bonchev–Trinajstić information content (AvgIpc) is 2.80. The molecule has 1 atom stereocenters. The SMILES string of the molecule is CCOC(=O)CC(C[N+](=O)[O-])c1cc2cc(Cl)ccc2s1. The first-order valence-electron chi connectivity index (χ1n) is 6.46. The molecule has 21 heavy (non-hydrogen) atoms. The maximum Gasteiger partial charge on any atom is 0.306 e. The fourth-order valence-electron chi connectivity index (χ4n) is 2.09. The third-order valence-electron chi connectivity index (χ3n) is 2.99. The molecule has 7 heteroatoms. The number of hydrogen-bond donors (Lipinski definition) is 0. The van der Waals surface area contributed by atoms with E-state index >= 15 is 0 Å². The number of rotatable bonds is 6. The van der Waals surface area contributed by atoms with E-state index in [0.29, 0.717) is 5.02 Å². The molecule has 0 bridgehead atoms. The summed E-state index contributed by atoms with van der Waals surface area (Å²) in [5, 5.41) is 12.4. The summed E-state index contributed by atoms with van der Waals surface area (Å²) in [7, 11) is 0. The molecule has 0 aliphatic rings. The number of carbonyl (C=O) groups excluding carboxylic acids is 1. The van der Waals surface area contributed by atoms with E-state index in [2.05, 4.69) is 0 Å². The summed E-state index contributed by atoms with van der Waals surface area (Å²) in [6.45, 7) is 1.69. The number of thiophene rings is 1.